The van der Waals surface area contributed by atoms with Crippen molar-refractivity contribution in [3.05, 3.63) is 12.7 Å². The number of nitrogens with one attached hydrogen (secondary N) is 2. The van der Waals surface area contributed by atoms with Crippen molar-refractivity contribution in [2.75, 3.05) is 18.8 Å². The number of amides is 1. The highest BCUT2D eigenvalue weighted by Gasteiger charge is 2.31. The molecule has 1 saturated heterocycles. The van der Waals surface area contributed by atoms with Gasteiger partial charge in [-0.25, -0.2) is 8.42 Å². The van der Waals surface area contributed by atoms with E-state index in [1.54, 1.807) is 13.0 Å². The van der Waals surface area contributed by atoms with Crippen molar-refractivity contribution < 1.29 is 13.2 Å². The van der Waals surface area contributed by atoms with Gasteiger partial charge in [-0.3, -0.25) is 4.79 Å². The van der Waals surface area contributed by atoms with Crippen molar-refractivity contribution >= 4 is 15.7 Å². The molecule has 1 heterocycles. The SMILES string of the molecule is C=CCNC(=O)C(C)NCC1CCCS1(=O)=O. The van der Waals surface area contributed by atoms with Crippen LogP contribution >= 0.6 is 0 Å². The zero-order valence-corrected chi connectivity index (χ0v) is 10.9. The molecule has 0 aromatic heterocycles. The van der Waals surface area contributed by atoms with Crippen LogP contribution in [0.5, 0.6) is 0 Å². The summed E-state index contributed by atoms with van der Waals surface area (Å²) in [5, 5.41) is 5.29. The third-order valence-electron chi connectivity index (χ3n) is 2.93. The maximum absolute atomic E-state index is 11.6. The second-order valence-electron chi connectivity index (χ2n) is 4.29. The first kappa shape index (κ1) is 14.2. The molecule has 1 fully saturated rings. The van der Waals surface area contributed by atoms with Gasteiger partial charge < -0.3 is 10.6 Å². The Hall–Kier alpha value is -0.880. The largest absolute Gasteiger partial charge is 0.351 e. The smallest absolute Gasteiger partial charge is 0.237 e. The molecule has 0 radical (unpaired) electrons. The Bertz CT molecular complexity index is 378. The third-order valence-corrected chi connectivity index (χ3v) is 5.20. The molecule has 98 valence electrons. The molecular weight excluding hydrogens is 240 g/mol. The number of carbonyl (C=O) groups is 1. The third kappa shape index (κ3) is 4.12. The zero-order valence-electron chi connectivity index (χ0n) is 10.1. The van der Waals surface area contributed by atoms with Gasteiger partial charge in [-0.1, -0.05) is 6.08 Å². The molecule has 0 spiro atoms. The first-order valence-electron chi connectivity index (χ1n) is 5.81. The van der Waals surface area contributed by atoms with Crippen LogP contribution in [0.15, 0.2) is 12.7 Å². The fourth-order valence-corrected chi connectivity index (χ4v) is 3.59. The van der Waals surface area contributed by atoms with E-state index in [0.29, 0.717) is 19.5 Å². The summed E-state index contributed by atoms with van der Waals surface area (Å²) < 4.78 is 23.1. The second-order valence-corrected chi connectivity index (χ2v) is 6.70. The first-order valence-corrected chi connectivity index (χ1v) is 7.52. The van der Waals surface area contributed by atoms with E-state index in [4.69, 9.17) is 0 Å². The molecule has 1 aliphatic heterocycles. The minimum atomic E-state index is -2.94. The molecule has 0 aromatic carbocycles. The Morgan fingerprint density at radius 1 is 1.59 bits per heavy atom. The molecule has 0 aromatic rings. The predicted octanol–water partition coefficient (Wildman–Crippen LogP) is -0.156. The molecule has 2 N–H and O–H groups in total. The lowest BCUT2D eigenvalue weighted by Gasteiger charge is -2.16. The first-order chi connectivity index (χ1) is 7.97. The van der Waals surface area contributed by atoms with Gasteiger partial charge in [-0.15, -0.1) is 6.58 Å². The summed E-state index contributed by atoms with van der Waals surface area (Å²) in [5.41, 5.74) is 0. The highest BCUT2D eigenvalue weighted by Crippen LogP contribution is 2.19. The summed E-state index contributed by atoms with van der Waals surface area (Å²) in [6.45, 7) is 6.00. The van der Waals surface area contributed by atoms with Crippen LogP contribution in [-0.2, 0) is 14.6 Å². The van der Waals surface area contributed by atoms with E-state index >= 15 is 0 Å². The summed E-state index contributed by atoms with van der Waals surface area (Å²) >= 11 is 0. The van der Waals surface area contributed by atoms with Crippen LogP contribution in [0.2, 0.25) is 0 Å². The van der Waals surface area contributed by atoms with Crippen LogP contribution in [0.4, 0.5) is 0 Å². The minimum absolute atomic E-state index is 0.139. The van der Waals surface area contributed by atoms with Crippen LogP contribution in [0, 0.1) is 0 Å². The second kappa shape index (κ2) is 6.16. The van der Waals surface area contributed by atoms with E-state index < -0.39 is 9.84 Å². The van der Waals surface area contributed by atoms with Gasteiger partial charge in [0.1, 0.15) is 0 Å². The van der Waals surface area contributed by atoms with Gasteiger partial charge >= 0.3 is 0 Å². The van der Waals surface area contributed by atoms with Crippen molar-refractivity contribution in [3.8, 4) is 0 Å². The quantitative estimate of drug-likeness (QED) is 0.651. The maximum atomic E-state index is 11.6. The van der Waals surface area contributed by atoms with Gasteiger partial charge in [0.25, 0.3) is 0 Å². The lowest BCUT2D eigenvalue weighted by atomic mass is 10.2. The van der Waals surface area contributed by atoms with Crippen LogP contribution in [0.25, 0.3) is 0 Å². The van der Waals surface area contributed by atoms with Crippen molar-refractivity contribution in [3.63, 3.8) is 0 Å². The van der Waals surface area contributed by atoms with E-state index in [1.165, 1.54) is 0 Å². The Labute approximate surface area is 103 Å². The van der Waals surface area contributed by atoms with E-state index in [-0.39, 0.29) is 23.0 Å². The molecule has 0 aliphatic carbocycles. The lowest BCUT2D eigenvalue weighted by Crippen LogP contribution is -2.45. The van der Waals surface area contributed by atoms with E-state index in [9.17, 15) is 13.2 Å². The average Bonchev–Trinajstić information content (AvgIpc) is 2.62. The van der Waals surface area contributed by atoms with Crippen LogP contribution in [0.3, 0.4) is 0 Å². The average molecular weight is 260 g/mol. The predicted molar refractivity (Wildman–Crippen MR) is 67.5 cm³/mol. The van der Waals surface area contributed by atoms with E-state index in [2.05, 4.69) is 17.2 Å². The number of rotatable bonds is 6. The number of sulfone groups is 1. The van der Waals surface area contributed by atoms with Gasteiger partial charge in [0, 0.05) is 13.1 Å². The summed E-state index contributed by atoms with van der Waals surface area (Å²) in [6, 6.07) is -0.384. The van der Waals surface area contributed by atoms with Gasteiger partial charge in [0.2, 0.25) is 5.91 Å². The van der Waals surface area contributed by atoms with Crippen LogP contribution < -0.4 is 10.6 Å². The van der Waals surface area contributed by atoms with Crippen molar-refractivity contribution in [2.24, 2.45) is 0 Å². The van der Waals surface area contributed by atoms with Gasteiger partial charge in [-0.2, -0.15) is 0 Å². The fraction of sp³-hybridized carbons (Fsp3) is 0.727. The standard InChI is InChI=1S/C11H20N2O3S/c1-3-6-12-11(14)9(2)13-8-10-5-4-7-17(10,15)16/h3,9-10,13H,1,4-8H2,2H3,(H,12,14). The normalized spacial score (nSPS) is 24.2. The fourth-order valence-electron chi connectivity index (χ4n) is 1.81. The van der Waals surface area contributed by atoms with Crippen LogP contribution in [-0.4, -0.2) is 44.5 Å². The number of hydrogen-bond acceptors (Lipinski definition) is 4. The van der Waals surface area contributed by atoms with Crippen molar-refractivity contribution in [2.45, 2.75) is 31.1 Å². The molecular formula is C11H20N2O3S. The Morgan fingerprint density at radius 2 is 2.29 bits per heavy atom. The van der Waals surface area contributed by atoms with Crippen molar-refractivity contribution in [1.29, 1.82) is 0 Å². The molecule has 17 heavy (non-hydrogen) atoms. The molecule has 0 saturated carbocycles. The Kier molecular flexibility index (Phi) is 5.14. The molecule has 6 heteroatoms. The zero-order chi connectivity index (χ0) is 12.9. The topological polar surface area (TPSA) is 75.3 Å². The Morgan fingerprint density at radius 3 is 2.82 bits per heavy atom. The van der Waals surface area contributed by atoms with Gasteiger partial charge in [0.05, 0.1) is 17.0 Å². The van der Waals surface area contributed by atoms with Crippen molar-refractivity contribution in [1.82, 2.24) is 10.6 Å². The summed E-state index contributed by atoms with van der Waals surface area (Å²) in [4.78, 5) is 11.5. The number of carbonyl (C=O) groups excluding carboxylic acids is 1. The molecule has 1 aliphatic rings. The monoisotopic (exact) mass is 260 g/mol. The molecule has 2 atom stereocenters. The van der Waals surface area contributed by atoms with E-state index in [0.717, 1.165) is 6.42 Å². The van der Waals surface area contributed by atoms with Gasteiger partial charge in [-0.05, 0) is 19.8 Å². The maximum Gasteiger partial charge on any atom is 0.237 e. The highest BCUT2D eigenvalue weighted by molar-refractivity contribution is 7.92. The van der Waals surface area contributed by atoms with Crippen LogP contribution in [0.1, 0.15) is 19.8 Å². The Balaban J connectivity index is 2.35. The molecule has 0 bridgehead atoms. The lowest BCUT2D eigenvalue weighted by molar-refractivity contribution is -0.122. The summed E-state index contributed by atoms with van der Waals surface area (Å²) in [6.07, 6.45) is 3.02. The minimum Gasteiger partial charge on any atom is -0.351 e. The molecule has 1 rings (SSSR count). The summed E-state index contributed by atoms with van der Waals surface area (Å²) in [7, 11) is -2.94. The molecule has 1 amide bonds. The highest BCUT2D eigenvalue weighted by atomic mass is 32.2. The molecule has 5 nitrogen and oxygen atoms in total. The molecule has 2 unspecified atom stereocenters. The van der Waals surface area contributed by atoms with E-state index in [1.807, 2.05) is 0 Å². The summed E-state index contributed by atoms with van der Waals surface area (Å²) in [5.74, 6) is 0.136. The number of hydrogen-bond donors (Lipinski definition) is 2. The van der Waals surface area contributed by atoms with Gasteiger partial charge in [0.15, 0.2) is 9.84 Å².